The van der Waals surface area contributed by atoms with Gasteiger partial charge in [-0.2, -0.15) is 5.26 Å². The lowest BCUT2D eigenvalue weighted by atomic mass is 9.74. The number of hydrogen-bond acceptors (Lipinski definition) is 7. The Labute approximate surface area is 237 Å². The van der Waals surface area contributed by atoms with E-state index in [1.807, 2.05) is 32.9 Å². The fourth-order valence-electron chi connectivity index (χ4n) is 5.70. The van der Waals surface area contributed by atoms with Gasteiger partial charge in [0.2, 0.25) is 0 Å². The third kappa shape index (κ3) is 5.05. The maximum absolute atomic E-state index is 13.6. The van der Waals surface area contributed by atoms with Crippen LogP contribution in [0.3, 0.4) is 0 Å². The van der Waals surface area contributed by atoms with Crippen molar-refractivity contribution in [2.75, 3.05) is 4.90 Å². The van der Waals surface area contributed by atoms with Gasteiger partial charge in [0, 0.05) is 29.8 Å². The number of nitrogens with two attached hydrogens (primary N) is 1. The van der Waals surface area contributed by atoms with E-state index in [1.54, 1.807) is 23.1 Å². The smallest absolute Gasteiger partial charge is 0.271 e. The lowest BCUT2D eigenvalue weighted by molar-refractivity contribution is -0.384. The Morgan fingerprint density at radius 1 is 1.07 bits per heavy atom. The predicted octanol–water partition coefficient (Wildman–Crippen LogP) is 6.54. The molecule has 0 saturated heterocycles. The summed E-state index contributed by atoms with van der Waals surface area (Å²) in [6.45, 7) is 5.91. The number of halogens is 1. The van der Waals surface area contributed by atoms with Crippen molar-refractivity contribution in [2.24, 2.45) is 5.73 Å². The summed E-state index contributed by atoms with van der Waals surface area (Å²) >= 11 is 0. The van der Waals surface area contributed by atoms with Gasteiger partial charge in [-0.3, -0.25) is 19.8 Å². The lowest BCUT2D eigenvalue weighted by Crippen LogP contribution is -2.39. The van der Waals surface area contributed by atoms with Crippen molar-refractivity contribution < 1.29 is 18.8 Å². The molecule has 0 aromatic heterocycles. The molecule has 0 amide bonds. The first-order valence-electron chi connectivity index (χ1n) is 13.3. The molecule has 0 fully saturated rings. The van der Waals surface area contributed by atoms with Gasteiger partial charge in [-0.25, -0.2) is 4.39 Å². The molecule has 1 unspecified atom stereocenters. The summed E-state index contributed by atoms with van der Waals surface area (Å²) in [6, 6.07) is 16.5. The van der Waals surface area contributed by atoms with Crippen molar-refractivity contribution >= 4 is 17.2 Å². The largest absolute Gasteiger partial charge is 0.489 e. The number of benzene rings is 3. The predicted molar refractivity (Wildman–Crippen MR) is 152 cm³/mol. The van der Waals surface area contributed by atoms with E-state index in [4.69, 9.17) is 10.5 Å². The number of aryl methyl sites for hydroxylation is 3. The summed E-state index contributed by atoms with van der Waals surface area (Å²) in [5.41, 5.74) is 12.7. The molecule has 3 aromatic rings. The zero-order valence-corrected chi connectivity index (χ0v) is 23.0. The number of nitro groups is 1. The molecule has 5 rings (SSSR count). The minimum Gasteiger partial charge on any atom is -0.489 e. The van der Waals surface area contributed by atoms with Gasteiger partial charge in [0.15, 0.2) is 5.78 Å². The van der Waals surface area contributed by atoms with E-state index >= 15 is 0 Å². The first-order valence-corrected chi connectivity index (χ1v) is 13.3. The Bertz CT molecular complexity index is 1680. The van der Waals surface area contributed by atoms with Crippen molar-refractivity contribution in [3.8, 4) is 11.8 Å². The average molecular weight is 553 g/mol. The molecule has 208 valence electrons. The molecule has 1 heterocycles. The van der Waals surface area contributed by atoms with E-state index in [0.717, 1.165) is 27.8 Å². The van der Waals surface area contributed by atoms with Crippen LogP contribution in [-0.4, -0.2) is 10.7 Å². The molecule has 0 spiro atoms. The Morgan fingerprint density at radius 2 is 1.80 bits per heavy atom. The number of hydrogen-bond donors (Lipinski definition) is 1. The Balaban J connectivity index is 1.65. The van der Waals surface area contributed by atoms with Crippen molar-refractivity contribution in [3.63, 3.8) is 0 Å². The monoisotopic (exact) mass is 552 g/mol. The van der Waals surface area contributed by atoms with Crippen LogP contribution in [0.25, 0.3) is 0 Å². The van der Waals surface area contributed by atoms with Crippen LogP contribution < -0.4 is 15.4 Å². The standard InChI is InChI=1S/C32H29FN4O4/c1-18-7-10-23(37(39)40)15-28(18)36-27-5-4-6-29(38)31(27)30(26(16-34)32(36)35)25-14-21(19(2)13-20(25)3)17-41-24-11-8-22(33)9-12-24/h7-15,30H,4-6,17,35H2,1-3H3. The first-order chi connectivity index (χ1) is 19.6. The maximum atomic E-state index is 13.6. The Hall–Kier alpha value is -4.97. The van der Waals surface area contributed by atoms with Crippen LogP contribution >= 0.6 is 0 Å². The van der Waals surface area contributed by atoms with Crippen LogP contribution in [0.5, 0.6) is 5.75 Å². The number of Topliss-reactive ketones (excluding diaryl/α,β-unsaturated/α-hetero) is 1. The van der Waals surface area contributed by atoms with Gasteiger partial charge in [-0.05, 0) is 85.7 Å². The van der Waals surface area contributed by atoms with Crippen LogP contribution in [-0.2, 0) is 11.4 Å². The number of nitro benzene ring substituents is 1. The highest BCUT2D eigenvalue weighted by atomic mass is 19.1. The molecule has 9 heteroatoms. The van der Waals surface area contributed by atoms with E-state index in [9.17, 15) is 24.6 Å². The zero-order valence-electron chi connectivity index (χ0n) is 23.0. The average Bonchev–Trinajstić information content (AvgIpc) is 2.94. The van der Waals surface area contributed by atoms with Gasteiger partial charge in [-0.1, -0.05) is 18.2 Å². The normalized spacial score (nSPS) is 16.9. The summed E-state index contributed by atoms with van der Waals surface area (Å²) in [5, 5.41) is 22.0. The van der Waals surface area contributed by atoms with Gasteiger partial charge < -0.3 is 10.5 Å². The van der Waals surface area contributed by atoms with Crippen LogP contribution in [0.15, 0.2) is 77.3 Å². The summed E-state index contributed by atoms with van der Waals surface area (Å²) in [4.78, 5) is 26.4. The van der Waals surface area contributed by atoms with Gasteiger partial charge in [0.05, 0.1) is 28.2 Å². The molecule has 1 aliphatic heterocycles. The molecule has 2 aliphatic rings. The third-order valence-electron chi connectivity index (χ3n) is 7.80. The molecule has 1 aliphatic carbocycles. The van der Waals surface area contributed by atoms with Crippen molar-refractivity contribution in [2.45, 2.75) is 52.6 Å². The van der Waals surface area contributed by atoms with E-state index in [-0.39, 0.29) is 35.3 Å². The highest BCUT2D eigenvalue weighted by Gasteiger charge is 2.41. The summed E-state index contributed by atoms with van der Waals surface area (Å²) in [6.07, 6.45) is 1.47. The molecule has 2 N–H and O–H groups in total. The number of allylic oxidation sites excluding steroid dienone is 3. The van der Waals surface area contributed by atoms with Gasteiger partial charge in [-0.15, -0.1) is 0 Å². The zero-order chi connectivity index (χ0) is 29.4. The highest BCUT2D eigenvalue weighted by Crippen LogP contribution is 2.48. The number of carbonyl (C=O) groups is 1. The molecule has 0 saturated carbocycles. The van der Waals surface area contributed by atoms with E-state index in [0.29, 0.717) is 42.0 Å². The van der Waals surface area contributed by atoms with Crippen LogP contribution in [0.4, 0.5) is 15.8 Å². The molecule has 41 heavy (non-hydrogen) atoms. The van der Waals surface area contributed by atoms with Crippen LogP contribution in [0.2, 0.25) is 0 Å². The second-order valence-electron chi connectivity index (χ2n) is 10.4. The molecule has 0 bridgehead atoms. The van der Waals surface area contributed by atoms with Crippen LogP contribution in [0.1, 0.15) is 53.0 Å². The quantitative estimate of drug-likeness (QED) is 0.272. The number of carbonyl (C=O) groups excluding carboxylic acids is 1. The van der Waals surface area contributed by atoms with Crippen molar-refractivity contribution in [3.05, 3.63) is 121 Å². The lowest BCUT2D eigenvalue weighted by Gasteiger charge is -2.40. The third-order valence-corrected chi connectivity index (χ3v) is 7.80. The minimum absolute atomic E-state index is 0.0753. The number of rotatable bonds is 6. The number of anilines is 1. The van der Waals surface area contributed by atoms with Crippen LogP contribution in [0, 0.1) is 48.0 Å². The van der Waals surface area contributed by atoms with Gasteiger partial charge in [0.1, 0.15) is 24.0 Å². The molecular formula is C32H29FN4O4. The summed E-state index contributed by atoms with van der Waals surface area (Å²) in [7, 11) is 0. The summed E-state index contributed by atoms with van der Waals surface area (Å²) < 4.78 is 19.3. The first kappa shape index (κ1) is 27.6. The fourth-order valence-corrected chi connectivity index (χ4v) is 5.70. The number of nitriles is 1. The minimum atomic E-state index is -0.691. The molecule has 3 aromatic carbocycles. The second-order valence-corrected chi connectivity index (χ2v) is 10.4. The second kappa shape index (κ2) is 10.9. The highest BCUT2D eigenvalue weighted by molar-refractivity contribution is 6.01. The van der Waals surface area contributed by atoms with E-state index in [2.05, 4.69) is 6.07 Å². The van der Waals surface area contributed by atoms with Gasteiger partial charge in [0.25, 0.3) is 5.69 Å². The number of non-ortho nitro benzene ring substituents is 1. The molecule has 0 radical (unpaired) electrons. The van der Waals surface area contributed by atoms with E-state index in [1.165, 1.54) is 24.3 Å². The number of nitrogens with zero attached hydrogens (tertiary/aromatic N) is 3. The van der Waals surface area contributed by atoms with Crippen molar-refractivity contribution in [1.82, 2.24) is 0 Å². The topological polar surface area (TPSA) is 122 Å². The molecular weight excluding hydrogens is 523 g/mol. The maximum Gasteiger partial charge on any atom is 0.271 e. The summed E-state index contributed by atoms with van der Waals surface area (Å²) in [5.74, 6) is -0.453. The Morgan fingerprint density at radius 3 is 2.49 bits per heavy atom. The number of ether oxygens (including phenoxy) is 1. The fraction of sp³-hybridized carbons (Fsp3) is 0.250. The molecule has 8 nitrogen and oxygen atoms in total. The number of ketones is 1. The Kier molecular flexibility index (Phi) is 7.33. The van der Waals surface area contributed by atoms with E-state index < -0.39 is 10.8 Å². The van der Waals surface area contributed by atoms with Crippen molar-refractivity contribution in [1.29, 1.82) is 5.26 Å². The molecule has 1 atom stereocenters. The van der Waals surface area contributed by atoms with Gasteiger partial charge >= 0.3 is 0 Å². The SMILES string of the molecule is Cc1cc(C)c(C2C(C#N)=C(N)N(c3cc([N+](=O)[O-])ccc3C)C3=C2C(=O)CCC3)cc1COc1ccc(F)cc1.